The van der Waals surface area contributed by atoms with Gasteiger partial charge in [-0.15, -0.1) is 0 Å². The lowest BCUT2D eigenvalue weighted by Gasteiger charge is -2.35. The normalized spacial score (nSPS) is 25.1. The second-order valence-electron chi connectivity index (χ2n) is 5.12. The van der Waals surface area contributed by atoms with Gasteiger partial charge >= 0.3 is 0 Å². The van der Waals surface area contributed by atoms with Crippen LogP contribution in [0.4, 0.5) is 0 Å². The molecule has 2 atom stereocenters. The van der Waals surface area contributed by atoms with Gasteiger partial charge in [-0.1, -0.05) is 0 Å². The number of nitrogens with one attached hydrogen (secondary N) is 1. The SMILES string of the molecule is C[C@@H]1CN(S(=O)(=O)c2c[nH]c3ncccc23)[C@@H](C)CO1. The minimum absolute atomic E-state index is 0.0932. The summed E-state index contributed by atoms with van der Waals surface area (Å²) in [5, 5.41) is 0.624. The summed E-state index contributed by atoms with van der Waals surface area (Å²) < 4.78 is 32.7. The van der Waals surface area contributed by atoms with Crippen molar-refractivity contribution in [2.24, 2.45) is 0 Å². The Morgan fingerprint density at radius 1 is 1.45 bits per heavy atom. The zero-order valence-corrected chi connectivity index (χ0v) is 12.2. The van der Waals surface area contributed by atoms with Crippen molar-refractivity contribution in [1.29, 1.82) is 0 Å². The minimum Gasteiger partial charge on any atom is -0.375 e. The van der Waals surface area contributed by atoms with Crippen LogP contribution in [-0.2, 0) is 14.8 Å². The Labute approximate surface area is 117 Å². The van der Waals surface area contributed by atoms with Crippen LogP contribution in [0.2, 0.25) is 0 Å². The number of H-pyrrole nitrogens is 1. The first-order valence-electron chi connectivity index (χ1n) is 6.55. The van der Waals surface area contributed by atoms with Gasteiger partial charge in [-0.05, 0) is 26.0 Å². The van der Waals surface area contributed by atoms with Crippen LogP contribution in [0.15, 0.2) is 29.4 Å². The quantitative estimate of drug-likeness (QED) is 0.907. The van der Waals surface area contributed by atoms with Gasteiger partial charge in [-0.25, -0.2) is 13.4 Å². The van der Waals surface area contributed by atoms with Crippen molar-refractivity contribution in [1.82, 2.24) is 14.3 Å². The Bertz CT molecular complexity index is 725. The lowest BCUT2D eigenvalue weighted by molar-refractivity contribution is -0.0170. The van der Waals surface area contributed by atoms with Crippen LogP contribution in [0.1, 0.15) is 13.8 Å². The van der Waals surface area contributed by atoms with Crippen molar-refractivity contribution in [3.05, 3.63) is 24.5 Å². The molecule has 108 valence electrons. The Balaban J connectivity index is 2.07. The van der Waals surface area contributed by atoms with Crippen LogP contribution in [-0.4, -0.2) is 48.0 Å². The smallest absolute Gasteiger partial charge is 0.245 e. The fourth-order valence-electron chi connectivity index (χ4n) is 2.48. The van der Waals surface area contributed by atoms with Gasteiger partial charge in [0.2, 0.25) is 10.0 Å². The number of sulfonamides is 1. The maximum Gasteiger partial charge on any atom is 0.245 e. The Morgan fingerprint density at radius 3 is 3.05 bits per heavy atom. The molecule has 1 fully saturated rings. The summed E-state index contributed by atoms with van der Waals surface area (Å²) in [6.07, 6.45) is 3.05. The molecule has 6 nitrogen and oxygen atoms in total. The molecule has 0 radical (unpaired) electrons. The summed E-state index contributed by atoms with van der Waals surface area (Å²) in [4.78, 5) is 7.32. The molecule has 2 aromatic heterocycles. The Hall–Kier alpha value is -1.44. The van der Waals surface area contributed by atoms with Crippen LogP contribution in [0, 0.1) is 0 Å². The van der Waals surface area contributed by atoms with E-state index in [1.807, 2.05) is 13.8 Å². The van der Waals surface area contributed by atoms with E-state index in [0.717, 1.165) is 0 Å². The fourth-order valence-corrected chi connectivity index (χ4v) is 4.32. The van der Waals surface area contributed by atoms with E-state index in [2.05, 4.69) is 9.97 Å². The largest absolute Gasteiger partial charge is 0.375 e. The third-order valence-corrected chi connectivity index (χ3v) is 5.57. The molecule has 1 saturated heterocycles. The Kier molecular flexibility index (Phi) is 3.27. The molecule has 1 aliphatic heterocycles. The highest BCUT2D eigenvalue weighted by Gasteiger charge is 2.35. The Morgan fingerprint density at radius 2 is 2.25 bits per heavy atom. The third-order valence-electron chi connectivity index (χ3n) is 3.55. The van der Waals surface area contributed by atoms with Crippen LogP contribution in [0.3, 0.4) is 0 Å². The van der Waals surface area contributed by atoms with Crippen molar-refractivity contribution in [2.45, 2.75) is 30.9 Å². The van der Waals surface area contributed by atoms with E-state index in [-0.39, 0.29) is 17.0 Å². The van der Waals surface area contributed by atoms with Gasteiger partial charge in [0.1, 0.15) is 10.5 Å². The van der Waals surface area contributed by atoms with Crippen LogP contribution in [0.25, 0.3) is 11.0 Å². The number of pyridine rings is 1. The molecule has 3 rings (SSSR count). The predicted octanol–water partition coefficient (Wildman–Crippen LogP) is 1.36. The van der Waals surface area contributed by atoms with Gasteiger partial charge in [0, 0.05) is 30.4 Å². The minimum atomic E-state index is -3.55. The van der Waals surface area contributed by atoms with Gasteiger partial charge in [0.05, 0.1) is 12.7 Å². The molecule has 0 saturated carbocycles. The summed E-state index contributed by atoms with van der Waals surface area (Å²) in [7, 11) is -3.55. The average Bonchev–Trinajstić information content (AvgIpc) is 2.86. The van der Waals surface area contributed by atoms with Crippen LogP contribution in [0.5, 0.6) is 0 Å². The number of hydrogen-bond acceptors (Lipinski definition) is 4. The molecule has 0 aromatic carbocycles. The monoisotopic (exact) mass is 295 g/mol. The second kappa shape index (κ2) is 4.83. The molecule has 7 heteroatoms. The molecule has 20 heavy (non-hydrogen) atoms. The van der Waals surface area contributed by atoms with Crippen molar-refractivity contribution >= 4 is 21.1 Å². The highest BCUT2D eigenvalue weighted by Crippen LogP contribution is 2.27. The maximum absolute atomic E-state index is 12.8. The lowest BCUT2D eigenvalue weighted by atomic mass is 10.2. The molecule has 0 unspecified atom stereocenters. The molecular formula is C13H17N3O3S. The first kappa shape index (κ1) is 13.5. The maximum atomic E-state index is 12.8. The van der Waals surface area contributed by atoms with E-state index in [9.17, 15) is 8.42 Å². The van der Waals surface area contributed by atoms with Crippen LogP contribution < -0.4 is 0 Å². The molecule has 0 spiro atoms. The van der Waals surface area contributed by atoms with Gasteiger partial charge in [0.15, 0.2) is 0 Å². The number of aromatic nitrogens is 2. The number of morpholine rings is 1. The van der Waals surface area contributed by atoms with Crippen LogP contribution >= 0.6 is 0 Å². The van der Waals surface area contributed by atoms with E-state index in [0.29, 0.717) is 24.2 Å². The summed E-state index contributed by atoms with van der Waals surface area (Å²) >= 11 is 0. The zero-order valence-electron chi connectivity index (χ0n) is 11.4. The summed E-state index contributed by atoms with van der Waals surface area (Å²) in [5.74, 6) is 0. The van der Waals surface area contributed by atoms with E-state index in [1.54, 1.807) is 18.3 Å². The summed E-state index contributed by atoms with van der Waals surface area (Å²) in [6.45, 7) is 4.53. The van der Waals surface area contributed by atoms with Gasteiger partial charge in [-0.3, -0.25) is 0 Å². The molecule has 1 aliphatic rings. The zero-order chi connectivity index (χ0) is 14.3. The molecule has 0 amide bonds. The second-order valence-corrected chi connectivity index (χ2v) is 6.98. The highest BCUT2D eigenvalue weighted by atomic mass is 32.2. The number of nitrogens with zero attached hydrogens (tertiary/aromatic N) is 2. The standard InChI is InChI=1S/C13H17N3O3S/c1-9-8-19-10(2)7-16(9)20(17,18)12-6-15-13-11(12)4-3-5-14-13/h3-6,9-10H,7-8H2,1-2H3,(H,14,15)/t9-,10+/m0/s1. The molecular weight excluding hydrogens is 278 g/mol. The topological polar surface area (TPSA) is 75.3 Å². The number of fused-ring (bicyclic) bond motifs is 1. The van der Waals surface area contributed by atoms with E-state index >= 15 is 0 Å². The number of aromatic amines is 1. The lowest BCUT2D eigenvalue weighted by Crippen LogP contribution is -2.49. The predicted molar refractivity (Wildman–Crippen MR) is 74.9 cm³/mol. The van der Waals surface area contributed by atoms with Crippen molar-refractivity contribution in [3.8, 4) is 0 Å². The van der Waals surface area contributed by atoms with Crippen molar-refractivity contribution in [3.63, 3.8) is 0 Å². The molecule has 2 aromatic rings. The van der Waals surface area contributed by atoms with Crippen molar-refractivity contribution in [2.75, 3.05) is 13.2 Å². The van der Waals surface area contributed by atoms with E-state index in [4.69, 9.17) is 4.74 Å². The molecule has 0 bridgehead atoms. The third kappa shape index (κ3) is 2.11. The van der Waals surface area contributed by atoms with Gasteiger partial charge in [-0.2, -0.15) is 4.31 Å². The summed E-state index contributed by atoms with van der Waals surface area (Å²) in [5.41, 5.74) is 0.583. The average molecular weight is 295 g/mol. The first-order valence-corrected chi connectivity index (χ1v) is 7.99. The van der Waals surface area contributed by atoms with E-state index < -0.39 is 10.0 Å². The van der Waals surface area contributed by atoms with E-state index in [1.165, 1.54) is 10.5 Å². The number of ether oxygens (including phenoxy) is 1. The number of hydrogen-bond donors (Lipinski definition) is 1. The highest BCUT2D eigenvalue weighted by molar-refractivity contribution is 7.89. The summed E-state index contributed by atoms with van der Waals surface area (Å²) in [6, 6.07) is 3.33. The van der Waals surface area contributed by atoms with Crippen molar-refractivity contribution < 1.29 is 13.2 Å². The fraction of sp³-hybridized carbons (Fsp3) is 0.462. The van der Waals surface area contributed by atoms with Gasteiger partial charge < -0.3 is 9.72 Å². The number of rotatable bonds is 2. The van der Waals surface area contributed by atoms with Gasteiger partial charge in [0.25, 0.3) is 0 Å². The molecule has 3 heterocycles. The molecule has 1 N–H and O–H groups in total. The molecule has 0 aliphatic carbocycles. The first-order chi connectivity index (χ1) is 9.50.